The highest BCUT2D eigenvalue weighted by Crippen LogP contribution is 2.12. The quantitative estimate of drug-likeness (QED) is 0.346. The average molecular weight is 243 g/mol. The van der Waals surface area contributed by atoms with E-state index >= 15 is 0 Å². The normalized spacial score (nSPS) is 10.9. The maximum atomic E-state index is 3.79. The van der Waals surface area contributed by atoms with Crippen molar-refractivity contribution in [1.29, 1.82) is 0 Å². The first-order valence-corrected chi connectivity index (χ1v) is 8.44. The van der Waals surface area contributed by atoms with Crippen molar-refractivity contribution in [2.24, 2.45) is 0 Å². The van der Waals surface area contributed by atoms with Crippen LogP contribution in [-0.4, -0.2) is 5.75 Å². The van der Waals surface area contributed by atoms with Gasteiger partial charge in [-0.05, 0) is 12.2 Å². The lowest BCUT2D eigenvalue weighted by atomic mass is 10.1. The van der Waals surface area contributed by atoms with Gasteiger partial charge in [0, 0.05) is 6.26 Å². The van der Waals surface area contributed by atoms with Crippen molar-refractivity contribution in [1.82, 2.24) is 0 Å². The fourth-order valence-electron chi connectivity index (χ4n) is 2.05. The van der Waals surface area contributed by atoms with Crippen LogP contribution in [0.15, 0.2) is 0 Å². The highest BCUT2D eigenvalue weighted by Gasteiger charge is 1.92. The van der Waals surface area contributed by atoms with Gasteiger partial charge < -0.3 is 0 Å². The summed E-state index contributed by atoms with van der Waals surface area (Å²) in [5.74, 6) is 1.25. The Morgan fingerprint density at radius 1 is 0.625 bits per heavy atom. The molecule has 0 amide bonds. The zero-order valence-corrected chi connectivity index (χ0v) is 12.1. The van der Waals surface area contributed by atoms with Gasteiger partial charge in [0.05, 0.1) is 0 Å². The number of hydrogen-bond acceptors (Lipinski definition) is 1. The van der Waals surface area contributed by atoms with E-state index in [-0.39, 0.29) is 0 Å². The van der Waals surface area contributed by atoms with E-state index in [1.165, 1.54) is 82.8 Å². The van der Waals surface area contributed by atoms with Crippen LogP contribution in [0.2, 0.25) is 0 Å². The predicted octanol–water partition coefficient (Wildman–Crippen LogP) is 6.21. The molecule has 0 atom stereocenters. The minimum absolute atomic E-state index is 1.25. The number of thioether (sulfide) groups is 1. The molecular weight excluding hydrogens is 212 g/mol. The molecule has 0 fully saturated rings. The zero-order chi connectivity index (χ0) is 11.9. The van der Waals surface area contributed by atoms with Crippen LogP contribution in [0, 0.1) is 6.26 Å². The van der Waals surface area contributed by atoms with Gasteiger partial charge in [-0.2, -0.15) is 11.8 Å². The lowest BCUT2D eigenvalue weighted by Gasteiger charge is -2.02. The summed E-state index contributed by atoms with van der Waals surface area (Å²) < 4.78 is 0. The van der Waals surface area contributed by atoms with Gasteiger partial charge in [-0.1, -0.05) is 77.6 Å². The fraction of sp³-hybridized carbons (Fsp3) is 0.933. The lowest BCUT2D eigenvalue weighted by molar-refractivity contribution is 0.548. The van der Waals surface area contributed by atoms with E-state index in [1.807, 2.05) is 0 Å². The first-order chi connectivity index (χ1) is 7.91. The summed E-state index contributed by atoms with van der Waals surface area (Å²) in [6.45, 7) is 2.28. The van der Waals surface area contributed by atoms with Crippen molar-refractivity contribution in [2.45, 2.75) is 84.0 Å². The summed E-state index contributed by atoms with van der Waals surface area (Å²) in [6.07, 6.45) is 21.1. The van der Waals surface area contributed by atoms with Gasteiger partial charge in [0.25, 0.3) is 0 Å². The van der Waals surface area contributed by atoms with Crippen LogP contribution in [0.1, 0.15) is 84.0 Å². The first-order valence-electron chi connectivity index (χ1n) is 7.28. The number of unbranched alkanes of at least 4 members (excludes halogenated alkanes) is 11. The molecule has 0 rings (SSSR count). The second-order valence-electron chi connectivity index (χ2n) is 4.80. The number of hydrogen-bond donors (Lipinski definition) is 0. The fourth-order valence-corrected chi connectivity index (χ4v) is 2.45. The average Bonchev–Trinajstić information content (AvgIpc) is 2.31. The molecule has 0 aliphatic rings. The van der Waals surface area contributed by atoms with E-state index in [2.05, 4.69) is 13.2 Å². The monoisotopic (exact) mass is 243 g/mol. The zero-order valence-electron chi connectivity index (χ0n) is 11.3. The Hall–Kier alpha value is 0.350. The van der Waals surface area contributed by atoms with Crippen LogP contribution in [-0.2, 0) is 0 Å². The maximum absolute atomic E-state index is 3.79. The second kappa shape index (κ2) is 15.4. The molecule has 0 aromatic rings. The van der Waals surface area contributed by atoms with Crippen LogP contribution >= 0.6 is 11.8 Å². The predicted molar refractivity (Wildman–Crippen MR) is 78.9 cm³/mol. The molecule has 0 spiro atoms. The molecule has 1 radical (unpaired) electrons. The first kappa shape index (κ1) is 16.4. The Bertz CT molecular complexity index is 98.0. The molecule has 0 aliphatic heterocycles. The molecule has 16 heavy (non-hydrogen) atoms. The molecule has 0 saturated heterocycles. The van der Waals surface area contributed by atoms with E-state index < -0.39 is 0 Å². The Balaban J connectivity index is 2.83. The third-order valence-corrected chi connectivity index (χ3v) is 3.72. The van der Waals surface area contributed by atoms with Crippen molar-refractivity contribution < 1.29 is 0 Å². The molecule has 0 aliphatic carbocycles. The maximum Gasteiger partial charge on any atom is 0.00235 e. The molecule has 0 bridgehead atoms. The second-order valence-corrected chi connectivity index (χ2v) is 5.61. The third kappa shape index (κ3) is 14.4. The molecule has 97 valence electrons. The van der Waals surface area contributed by atoms with E-state index in [9.17, 15) is 0 Å². The Labute approximate surface area is 108 Å². The Morgan fingerprint density at radius 2 is 1.00 bits per heavy atom. The molecular formula is C15H31S. The van der Waals surface area contributed by atoms with Crippen molar-refractivity contribution in [3.63, 3.8) is 0 Å². The molecule has 0 nitrogen and oxygen atoms in total. The van der Waals surface area contributed by atoms with Gasteiger partial charge in [0.15, 0.2) is 0 Å². The standard InChI is InChI=1S/C15H31S/c1-3-4-5-6-7-8-9-10-11-12-13-14-15-16-2/h2-15H2,1H3. The number of rotatable bonds is 13. The van der Waals surface area contributed by atoms with Crippen LogP contribution in [0.25, 0.3) is 0 Å². The Kier molecular flexibility index (Phi) is 15.7. The van der Waals surface area contributed by atoms with E-state index in [1.54, 1.807) is 11.8 Å². The molecule has 0 N–H and O–H groups in total. The largest absolute Gasteiger partial charge is 0.161 e. The highest BCUT2D eigenvalue weighted by atomic mass is 32.2. The molecule has 0 aromatic carbocycles. The summed E-state index contributed by atoms with van der Waals surface area (Å²) in [5.41, 5.74) is 0. The summed E-state index contributed by atoms with van der Waals surface area (Å²) in [7, 11) is 0. The van der Waals surface area contributed by atoms with Crippen LogP contribution in [0.4, 0.5) is 0 Å². The smallest absolute Gasteiger partial charge is 0.00235 e. The summed E-state index contributed by atoms with van der Waals surface area (Å²) in [6, 6.07) is 0. The van der Waals surface area contributed by atoms with Crippen molar-refractivity contribution in [3.8, 4) is 0 Å². The summed E-state index contributed by atoms with van der Waals surface area (Å²) >= 11 is 1.73. The van der Waals surface area contributed by atoms with Gasteiger partial charge >= 0.3 is 0 Å². The molecule has 0 saturated carbocycles. The molecule has 0 unspecified atom stereocenters. The van der Waals surface area contributed by atoms with Gasteiger partial charge in [-0.3, -0.25) is 0 Å². The molecule has 0 heterocycles. The van der Waals surface area contributed by atoms with Gasteiger partial charge in [-0.25, -0.2) is 0 Å². The van der Waals surface area contributed by atoms with Crippen molar-refractivity contribution in [2.75, 3.05) is 5.75 Å². The van der Waals surface area contributed by atoms with Crippen molar-refractivity contribution >= 4 is 11.8 Å². The van der Waals surface area contributed by atoms with Crippen LogP contribution in [0.3, 0.4) is 0 Å². The molecule has 0 aromatic heterocycles. The Morgan fingerprint density at radius 3 is 1.38 bits per heavy atom. The molecule has 1 heteroatoms. The minimum Gasteiger partial charge on any atom is -0.161 e. The highest BCUT2D eigenvalue weighted by molar-refractivity contribution is 8.00. The van der Waals surface area contributed by atoms with Crippen molar-refractivity contribution in [3.05, 3.63) is 6.26 Å². The van der Waals surface area contributed by atoms with E-state index in [4.69, 9.17) is 0 Å². The summed E-state index contributed by atoms with van der Waals surface area (Å²) in [4.78, 5) is 0. The minimum atomic E-state index is 1.25. The third-order valence-electron chi connectivity index (χ3n) is 3.14. The lowest BCUT2D eigenvalue weighted by Crippen LogP contribution is -1.83. The van der Waals surface area contributed by atoms with Gasteiger partial charge in [0.2, 0.25) is 0 Å². The van der Waals surface area contributed by atoms with Crippen LogP contribution < -0.4 is 0 Å². The van der Waals surface area contributed by atoms with Crippen LogP contribution in [0.5, 0.6) is 0 Å². The van der Waals surface area contributed by atoms with E-state index in [0.717, 1.165) is 0 Å². The summed E-state index contributed by atoms with van der Waals surface area (Å²) in [5, 5.41) is 0. The van der Waals surface area contributed by atoms with Gasteiger partial charge in [-0.15, -0.1) is 0 Å². The van der Waals surface area contributed by atoms with E-state index in [0.29, 0.717) is 0 Å². The topological polar surface area (TPSA) is 0 Å². The van der Waals surface area contributed by atoms with Gasteiger partial charge in [0.1, 0.15) is 0 Å². The SMILES string of the molecule is [CH2]SCCCCCCCCCCCCCC.